The second-order valence-electron chi connectivity index (χ2n) is 5.77. The fourth-order valence-electron chi connectivity index (χ4n) is 2.79. The predicted molar refractivity (Wildman–Crippen MR) is 95.1 cm³/mol. The van der Waals surface area contributed by atoms with Crippen molar-refractivity contribution in [2.24, 2.45) is 0 Å². The maximum absolute atomic E-state index is 12.9. The van der Waals surface area contributed by atoms with Gasteiger partial charge in [-0.25, -0.2) is 4.39 Å². The van der Waals surface area contributed by atoms with Crippen LogP contribution in [0.1, 0.15) is 0 Å². The lowest BCUT2D eigenvalue weighted by molar-refractivity contribution is -0.117. The lowest BCUT2D eigenvalue weighted by atomic mass is 10.2. The highest BCUT2D eigenvalue weighted by molar-refractivity contribution is 6.33. The van der Waals surface area contributed by atoms with Gasteiger partial charge in [0.1, 0.15) is 5.82 Å². The normalized spacial score (nSPS) is 15.3. The zero-order valence-electron chi connectivity index (χ0n) is 13.2. The van der Waals surface area contributed by atoms with E-state index in [2.05, 4.69) is 15.1 Å². The molecule has 1 N–H and O–H groups in total. The van der Waals surface area contributed by atoms with Crippen LogP contribution in [0.3, 0.4) is 0 Å². The summed E-state index contributed by atoms with van der Waals surface area (Å²) in [6.45, 7) is 3.57. The summed E-state index contributed by atoms with van der Waals surface area (Å²) in [5.41, 5.74) is 1.64. The van der Waals surface area contributed by atoms with Crippen LogP contribution < -0.4 is 10.2 Å². The molecule has 24 heavy (non-hydrogen) atoms. The molecular formula is C18H19ClFN3O. The van der Waals surface area contributed by atoms with Gasteiger partial charge in [0.2, 0.25) is 5.91 Å². The van der Waals surface area contributed by atoms with E-state index in [1.165, 1.54) is 12.1 Å². The van der Waals surface area contributed by atoms with Crippen LogP contribution in [-0.4, -0.2) is 43.5 Å². The number of rotatable bonds is 4. The van der Waals surface area contributed by atoms with Crippen molar-refractivity contribution in [3.8, 4) is 0 Å². The van der Waals surface area contributed by atoms with Crippen molar-refractivity contribution in [2.75, 3.05) is 42.9 Å². The highest BCUT2D eigenvalue weighted by Crippen LogP contribution is 2.25. The largest absolute Gasteiger partial charge is 0.368 e. The molecular weight excluding hydrogens is 329 g/mol. The van der Waals surface area contributed by atoms with Gasteiger partial charge in [-0.1, -0.05) is 23.7 Å². The van der Waals surface area contributed by atoms with Crippen LogP contribution in [0.4, 0.5) is 15.8 Å². The van der Waals surface area contributed by atoms with Crippen molar-refractivity contribution >= 4 is 28.9 Å². The fraction of sp³-hybridized carbons (Fsp3) is 0.278. The number of para-hydroxylation sites is 1. The zero-order chi connectivity index (χ0) is 16.9. The molecule has 1 fully saturated rings. The smallest absolute Gasteiger partial charge is 0.238 e. The van der Waals surface area contributed by atoms with Gasteiger partial charge in [0.05, 0.1) is 17.3 Å². The van der Waals surface area contributed by atoms with Gasteiger partial charge in [0.25, 0.3) is 0 Å². The van der Waals surface area contributed by atoms with Gasteiger partial charge in [-0.2, -0.15) is 0 Å². The van der Waals surface area contributed by atoms with Crippen molar-refractivity contribution < 1.29 is 9.18 Å². The van der Waals surface area contributed by atoms with Crippen molar-refractivity contribution in [3.05, 3.63) is 59.4 Å². The number of nitrogens with zero attached hydrogens (tertiary/aromatic N) is 2. The quantitative estimate of drug-likeness (QED) is 0.922. The molecule has 1 heterocycles. The first-order chi connectivity index (χ1) is 11.6. The molecule has 0 aromatic heterocycles. The monoisotopic (exact) mass is 347 g/mol. The molecule has 0 atom stereocenters. The molecule has 2 aromatic rings. The molecule has 1 aliphatic rings. The van der Waals surface area contributed by atoms with Gasteiger partial charge < -0.3 is 10.2 Å². The Morgan fingerprint density at radius 2 is 1.71 bits per heavy atom. The summed E-state index contributed by atoms with van der Waals surface area (Å²) in [6.07, 6.45) is 0. The van der Waals surface area contributed by atoms with Gasteiger partial charge in [0, 0.05) is 31.9 Å². The highest BCUT2D eigenvalue weighted by atomic mass is 35.5. The molecule has 126 valence electrons. The maximum Gasteiger partial charge on any atom is 0.238 e. The Bertz CT molecular complexity index is 700. The Kier molecular flexibility index (Phi) is 5.33. The molecule has 0 radical (unpaired) electrons. The number of nitrogens with one attached hydrogen (secondary N) is 1. The molecule has 4 nitrogen and oxygen atoms in total. The fourth-order valence-corrected chi connectivity index (χ4v) is 3.05. The van der Waals surface area contributed by atoms with E-state index in [4.69, 9.17) is 11.6 Å². The molecule has 1 amide bonds. The minimum atomic E-state index is -0.316. The van der Waals surface area contributed by atoms with E-state index >= 15 is 0 Å². The van der Waals surface area contributed by atoms with Crippen LogP contribution in [0, 0.1) is 5.82 Å². The number of hydrogen-bond acceptors (Lipinski definition) is 3. The number of benzene rings is 2. The summed E-state index contributed by atoms with van der Waals surface area (Å²) in [4.78, 5) is 16.4. The third-order valence-electron chi connectivity index (χ3n) is 4.06. The SMILES string of the molecule is O=C(CN1CCN(c2ccccc2Cl)CC1)Nc1ccc(F)cc1. The van der Waals surface area contributed by atoms with Gasteiger partial charge in [-0.15, -0.1) is 0 Å². The van der Waals surface area contributed by atoms with E-state index in [1.807, 2.05) is 24.3 Å². The Balaban J connectivity index is 1.49. The summed E-state index contributed by atoms with van der Waals surface area (Å²) in [7, 11) is 0. The van der Waals surface area contributed by atoms with Gasteiger partial charge in [-0.3, -0.25) is 9.69 Å². The van der Waals surface area contributed by atoms with Crippen molar-refractivity contribution in [2.45, 2.75) is 0 Å². The molecule has 6 heteroatoms. The third-order valence-corrected chi connectivity index (χ3v) is 4.38. The maximum atomic E-state index is 12.9. The second-order valence-corrected chi connectivity index (χ2v) is 6.18. The molecule has 3 rings (SSSR count). The first kappa shape index (κ1) is 16.7. The number of piperazine rings is 1. The standard InChI is InChI=1S/C18H19ClFN3O/c19-16-3-1-2-4-17(16)23-11-9-22(10-12-23)13-18(24)21-15-7-5-14(20)6-8-15/h1-8H,9-13H2,(H,21,24). The number of halogens is 2. The summed E-state index contributed by atoms with van der Waals surface area (Å²) >= 11 is 6.23. The minimum absolute atomic E-state index is 0.0900. The molecule has 0 spiro atoms. The van der Waals surface area contributed by atoms with Crippen LogP contribution in [0.15, 0.2) is 48.5 Å². The first-order valence-electron chi connectivity index (χ1n) is 7.89. The molecule has 0 unspecified atom stereocenters. The van der Waals surface area contributed by atoms with Gasteiger partial charge >= 0.3 is 0 Å². The van der Waals surface area contributed by atoms with Crippen molar-refractivity contribution in [3.63, 3.8) is 0 Å². The van der Waals surface area contributed by atoms with Gasteiger partial charge in [-0.05, 0) is 36.4 Å². The molecule has 1 aliphatic heterocycles. The van der Waals surface area contributed by atoms with E-state index in [0.29, 0.717) is 12.2 Å². The minimum Gasteiger partial charge on any atom is -0.368 e. The number of hydrogen-bond donors (Lipinski definition) is 1. The molecule has 0 aliphatic carbocycles. The number of carbonyl (C=O) groups excluding carboxylic acids is 1. The molecule has 1 saturated heterocycles. The van der Waals surface area contributed by atoms with Crippen LogP contribution in [0.2, 0.25) is 5.02 Å². The van der Waals surface area contributed by atoms with E-state index in [-0.39, 0.29) is 11.7 Å². The van der Waals surface area contributed by atoms with Crippen molar-refractivity contribution in [1.29, 1.82) is 0 Å². The predicted octanol–water partition coefficient (Wildman–Crippen LogP) is 3.24. The summed E-state index contributed by atoms with van der Waals surface area (Å²) in [5.74, 6) is -0.406. The lowest BCUT2D eigenvalue weighted by Crippen LogP contribution is -2.48. The average Bonchev–Trinajstić information content (AvgIpc) is 2.58. The van der Waals surface area contributed by atoms with Crippen LogP contribution >= 0.6 is 11.6 Å². The number of anilines is 2. The van der Waals surface area contributed by atoms with Crippen molar-refractivity contribution in [1.82, 2.24) is 4.90 Å². The summed E-state index contributed by atoms with van der Waals surface area (Å²) in [5, 5.41) is 3.54. The van der Waals surface area contributed by atoms with E-state index in [9.17, 15) is 9.18 Å². The van der Waals surface area contributed by atoms with Crippen LogP contribution in [-0.2, 0) is 4.79 Å². The van der Waals surface area contributed by atoms with E-state index in [1.54, 1.807) is 12.1 Å². The Morgan fingerprint density at radius 3 is 2.38 bits per heavy atom. The zero-order valence-corrected chi connectivity index (χ0v) is 14.0. The van der Waals surface area contributed by atoms with E-state index < -0.39 is 0 Å². The number of carbonyl (C=O) groups is 1. The average molecular weight is 348 g/mol. The molecule has 0 saturated carbocycles. The first-order valence-corrected chi connectivity index (χ1v) is 8.27. The summed E-state index contributed by atoms with van der Waals surface area (Å²) in [6, 6.07) is 13.6. The second kappa shape index (κ2) is 7.64. The highest BCUT2D eigenvalue weighted by Gasteiger charge is 2.20. The van der Waals surface area contributed by atoms with Gasteiger partial charge in [0.15, 0.2) is 0 Å². The number of amides is 1. The third kappa shape index (κ3) is 4.24. The lowest BCUT2D eigenvalue weighted by Gasteiger charge is -2.36. The molecule has 0 bridgehead atoms. The Labute approximate surface area is 145 Å². The summed E-state index contributed by atoms with van der Waals surface area (Å²) < 4.78 is 12.9. The van der Waals surface area contributed by atoms with Crippen LogP contribution in [0.25, 0.3) is 0 Å². The Morgan fingerprint density at radius 1 is 1.04 bits per heavy atom. The van der Waals surface area contributed by atoms with Crippen LogP contribution in [0.5, 0.6) is 0 Å². The topological polar surface area (TPSA) is 35.6 Å². The molecule has 2 aromatic carbocycles. The Hall–Kier alpha value is -2.11. The van der Waals surface area contributed by atoms with E-state index in [0.717, 1.165) is 36.9 Å².